The molecule has 142 valence electrons. The average molecular weight is 380 g/mol. The molecule has 2 atom stereocenters. The van der Waals surface area contributed by atoms with E-state index in [1.807, 2.05) is 66.7 Å². The Morgan fingerprint density at radius 3 is 2.34 bits per heavy atom. The summed E-state index contributed by atoms with van der Waals surface area (Å²) in [5, 5.41) is 12.2. The number of benzene rings is 3. The monoisotopic (exact) mass is 380 g/mol. The van der Waals surface area contributed by atoms with E-state index in [1.54, 1.807) is 12.1 Å². The fourth-order valence-electron chi connectivity index (χ4n) is 4.41. The number of nitrogens with one attached hydrogen (secondary N) is 1. The number of rotatable bonds is 6. The van der Waals surface area contributed by atoms with Crippen LogP contribution >= 0.6 is 0 Å². The molecule has 0 saturated carbocycles. The quantitative estimate of drug-likeness (QED) is 0.646. The smallest absolute Gasteiger partial charge is 0.236 e. The van der Waals surface area contributed by atoms with Crippen LogP contribution in [0.5, 0.6) is 0 Å². The van der Waals surface area contributed by atoms with E-state index in [9.17, 15) is 9.59 Å². The summed E-state index contributed by atoms with van der Waals surface area (Å²) in [5.41, 5.74) is 3.24. The number of aldehydes is 1. The van der Waals surface area contributed by atoms with Gasteiger partial charge in [-0.15, -0.1) is 0 Å². The molecular weight excluding hydrogens is 360 g/mol. The van der Waals surface area contributed by atoms with Crippen molar-refractivity contribution in [2.75, 3.05) is 5.32 Å². The molecular formula is C25H20N2O2. The van der Waals surface area contributed by atoms with E-state index in [4.69, 9.17) is 5.26 Å². The molecule has 29 heavy (non-hydrogen) atoms. The number of nitrogens with zero attached hydrogens (tertiary/aromatic N) is 1. The van der Waals surface area contributed by atoms with Crippen molar-refractivity contribution in [2.24, 2.45) is 0 Å². The van der Waals surface area contributed by atoms with Gasteiger partial charge in [0.25, 0.3) is 0 Å². The number of anilines is 1. The molecule has 0 spiro atoms. The van der Waals surface area contributed by atoms with Crippen LogP contribution in [-0.2, 0) is 21.4 Å². The lowest BCUT2D eigenvalue weighted by atomic mass is 9.64. The number of hydrogen-bond acceptors (Lipinski definition) is 3. The highest BCUT2D eigenvalue weighted by molar-refractivity contribution is 6.07. The highest BCUT2D eigenvalue weighted by Crippen LogP contribution is 2.50. The van der Waals surface area contributed by atoms with Gasteiger partial charge in [0, 0.05) is 18.0 Å². The molecule has 1 N–H and O–H groups in total. The molecule has 1 aliphatic rings. The zero-order valence-corrected chi connectivity index (χ0v) is 15.8. The van der Waals surface area contributed by atoms with Crippen LogP contribution in [-0.4, -0.2) is 12.2 Å². The van der Waals surface area contributed by atoms with Crippen molar-refractivity contribution in [1.29, 1.82) is 5.26 Å². The maximum atomic E-state index is 13.5. The Bertz CT molecular complexity index is 1080. The largest absolute Gasteiger partial charge is 0.325 e. The minimum atomic E-state index is -0.910. The number of fused-ring (bicyclic) bond motifs is 1. The number of carbonyl (C=O) groups excluding carboxylic acids is 2. The molecule has 0 fully saturated rings. The normalized spacial score (nSPS) is 18.4. The van der Waals surface area contributed by atoms with Gasteiger partial charge in [0.05, 0.1) is 17.0 Å². The third-order valence-electron chi connectivity index (χ3n) is 5.76. The van der Waals surface area contributed by atoms with Gasteiger partial charge in [-0.05, 0) is 41.3 Å². The van der Waals surface area contributed by atoms with Gasteiger partial charge in [-0.2, -0.15) is 5.26 Å². The molecule has 3 aromatic carbocycles. The fraction of sp³-hybridized carbons (Fsp3) is 0.160. The lowest BCUT2D eigenvalue weighted by Gasteiger charge is -2.36. The van der Waals surface area contributed by atoms with Crippen molar-refractivity contribution >= 4 is 17.9 Å². The van der Waals surface area contributed by atoms with E-state index < -0.39 is 5.41 Å². The van der Waals surface area contributed by atoms with E-state index in [-0.39, 0.29) is 18.2 Å². The zero-order valence-electron chi connectivity index (χ0n) is 15.8. The van der Waals surface area contributed by atoms with E-state index in [0.717, 1.165) is 28.7 Å². The second-order valence-corrected chi connectivity index (χ2v) is 7.32. The fourth-order valence-corrected chi connectivity index (χ4v) is 4.41. The van der Waals surface area contributed by atoms with Gasteiger partial charge in [-0.1, -0.05) is 60.7 Å². The van der Waals surface area contributed by atoms with E-state index in [0.29, 0.717) is 12.0 Å². The lowest BCUT2D eigenvalue weighted by molar-refractivity contribution is -0.122. The highest BCUT2D eigenvalue weighted by Gasteiger charge is 2.52. The Kier molecular flexibility index (Phi) is 4.97. The van der Waals surface area contributed by atoms with Crippen LogP contribution in [0, 0.1) is 11.3 Å². The summed E-state index contributed by atoms with van der Waals surface area (Å²) < 4.78 is 0. The molecule has 3 aromatic rings. The molecule has 4 heteroatoms. The molecule has 0 aliphatic carbocycles. The molecule has 2 unspecified atom stereocenters. The molecule has 4 rings (SSSR count). The molecule has 0 bridgehead atoms. The van der Waals surface area contributed by atoms with Gasteiger partial charge in [-0.25, -0.2) is 0 Å². The summed E-state index contributed by atoms with van der Waals surface area (Å²) in [4.78, 5) is 25.2. The van der Waals surface area contributed by atoms with Gasteiger partial charge in [-0.3, -0.25) is 4.79 Å². The first-order valence-corrected chi connectivity index (χ1v) is 9.57. The van der Waals surface area contributed by atoms with Gasteiger partial charge in [0.2, 0.25) is 5.91 Å². The standard InChI is InChI=1S/C25H20N2O2/c26-17-19-10-12-20(13-11-19)21(14-15-28)25(16-18-6-2-1-3-7-18)22-8-4-5-9-23(22)27-24(25)29/h1-13,15,21H,14,16H2,(H,27,29). The summed E-state index contributed by atoms with van der Waals surface area (Å²) in [6.07, 6.45) is 1.57. The predicted molar refractivity (Wildman–Crippen MR) is 111 cm³/mol. The van der Waals surface area contributed by atoms with Crippen molar-refractivity contribution in [2.45, 2.75) is 24.2 Å². The van der Waals surface area contributed by atoms with E-state index >= 15 is 0 Å². The number of amides is 1. The Balaban J connectivity index is 1.92. The topological polar surface area (TPSA) is 70.0 Å². The van der Waals surface area contributed by atoms with Crippen molar-refractivity contribution in [1.82, 2.24) is 0 Å². The first kappa shape index (κ1) is 18.6. The third kappa shape index (κ3) is 3.21. The lowest BCUT2D eigenvalue weighted by Crippen LogP contribution is -2.43. The molecule has 4 nitrogen and oxygen atoms in total. The molecule has 0 saturated heterocycles. The van der Waals surface area contributed by atoms with Crippen LogP contribution in [0.2, 0.25) is 0 Å². The van der Waals surface area contributed by atoms with Crippen molar-refractivity contribution < 1.29 is 9.59 Å². The maximum absolute atomic E-state index is 13.5. The minimum absolute atomic E-state index is 0.0984. The summed E-state index contributed by atoms with van der Waals surface area (Å²) in [6, 6.07) is 26.9. The van der Waals surface area contributed by atoms with Crippen molar-refractivity contribution in [3.8, 4) is 6.07 Å². The van der Waals surface area contributed by atoms with Crippen LogP contribution in [0.3, 0.4) is 0 Å². The first-order chi connectivity index (χ1) is 14.2. The van der Waals surface area contributed by atoms with Gasteiger partial charge < -0.3 is 10.1 Å². The number of carbonyl (C=O) groups is 2. The van der Waals surface area contributed by atoms with E-state index in [1.165, 1.54) is 0 Å². The number of nitriles is 1. The third-order valence-corrected chi connectivity index (χ3v) is 5.76. The van der Waals surface area contributed by atoms with Crippen LogP contribution in [0.4, 0.5) is 5.69 Å². The van der Waals surface area contributed by atoms with Gasteiger partial charge in [0.1, 0.15) is 6.29 Å². The van der Waals surface area contributed by atoms with Crippen LogP contribution in [0.25, 0.3) is 0 Å². The Morgan fingerprint density at radius 2 is 1.66 bits per heavy atom. The number of para-hydroxylation sites is 1. The Morgan fingerprint density at radius 1 is 0.966 bits per heavy atom. The predicted octanol–water partition coefficient (Wildman–Crippen LogP) is 4.36. The van der Waals surface area contributed by atoms with Gasteiger partial charge in [0.15, 0.2) is 0 Å². The summed E-state index contributed by atoms with van der Waals surface area (Å²) in [6.45, 7) is 0. The zero-order chi connectivity index (χ0) is 20.3. The van der Waals surface area contributed by atoms with Crippen LogP contribution < -0.4 is 5.32 Å². The SMILES string of the molecule is N#Cc1ccc(C(CC=O)C2(Cc3ccccc3)C(=O)Nc3ccccc32)cc1. The van der Waals surface area contributed by atoms with E-state index in [2.05, 4.69) is 11.4 Å². The summed E-state index contributed by atoms with van der Waals surface area (Å²) >= 11 is 0. The summed E-state index contributed by atoms with van der Waals surface area (Å²) in [7, 11) is 0. The van der Waals surface area contributed by atoms with Crippen molar-refractivity contribution in [3.63, 3.8) is 0 Å². The van der Waals surface area contributed by atoms with Crippen molar-refractivity contribution in [3.05, 3.63) is 101 Å². The Labute approximate surface area is 169 Å². The molecule has 0 radical (unpaired) electrons. The Hall–Kier alpha value is -3.71. The summed E-state index contributed by atoms with van der Waals surface area (Å²) in [5.74, 6) is -0.449. The second kappa shape index (κ2) is 7.73. The van der Waals surface area contributed by atoms with Gasteiger partial charge >= 0.3 is 0 Å². The number of hydrogen-bond donors (Lipinski definition) is 1. The van der Waals surface area contributed by atoms with Crippen LogP contribution in [0.1, 0.15) is 34.6 Å². The van der Waals surface area contributed by atoms with Crippen LogP contribution in [0.15, 0.2) is 78.9 Å². The highest BCUT2D eigenvalue weighted by atomic mass is 16.2. The molecule has 1 aliphatic heterocycles. The second-order valence-electron chi connectivity index (χ2n) is 7.32. The first-order valence-electron chi connectivity index (χ1n) is 9.57. The molecule has 1 amide bonds. The molecule has 0 aromatic heterocycles. The minimum Gasteiger partial charge on any atom is -0.325 e. The molecule has 1 heterocycles. The maximum Gasteiger partial charge on any atom is 0.236 e. The average Bonchev–Trinajstić information content (AvgIpc) is 3.05.